The molecule has 0 aliphatic rings. The summed E-state index contributed by atoms with van der Waals surface area (Å²) in [6.07, 6.45) is -3.55. The molecule has 0 spiro atoms. The van der Waals surface area contributed by atoms with E-state index in [-0.39, 0.29) is 12.0 Å². The van der Waals surface area contributed by atoms with Crippen molar-refractivity contribution in [2.75, 3.05) is 0 Å². The van der Waals surface area contributed by atoms with Gasteiger partial charge in [-0.2, -0.15) is 13.2 Å². The smallest absolute Gasteiger partial charge is 0.416 e. The lowest BCUT2D eigenvalue weighted by Gasteiger charge is -2.05. The van der Waals surface area contributed by atoms with Gasteiger partial charge in [0, 0.05) is 10.9 Å². The molecule has 1 heterocycles. The van der Waals surface area contributed by atoms with Crippen LogP contribution in [0.2, 0.25) is 0 Å². The van der Waals surface area contributed by atoms with Crippen molar-refractivity contribution in [3.63, 3.8) is 0 Å². The highest BCUT2D eigenvalue weighted by Crippen LogP contribution is 2.32. The first kappa shape index (κ1) is 11.5. The van der Waals surface area contributed by atoms with E-state index in [0.717, 1.165) is 12.1 Å². The lowest BCUT2D eigenvalue weighted by Crippen LogP contribution is -2.04. The minimum Gasteiger partial charge on any atom is -0.481 e. The van der Waals surface area contributed by atoms with E-state index in [9.17, 15) is 18.0 Å². The summed E-state index contributed by atoms with van der Waals surface area (Å²) in [5.74, 6) is -1.06. The van der Waals surface area contributed by atoms with Crippen LogP contribution in [-0.4, -0.2) is 11.1 Å². The number of furan rings is 1. The van der Waals surface area contributed by atoms with Gasteiger partial charge in [0.15, 0.2) is 0 Å². The maximum absolute atomic E-state index is 12.4. The molecule has 17 heavy (non-hydrogen) atoms. The normalized spacial score (nSPS) is 11.9. The van der Waals surface area contributed by atoms with Gasteiger partial charge in [0.05, 0.1) is 18.2 Å². The maximum Gasteiger partial charge on any atom is 0.416 e. The van der Waals surface area contributed by atoms with Crippen LogP contribution >= 0.6 is 0 Å². The molecular formula is C11H7F3O3. The summed E-state index contributed by atoms with van der Waals surface area (Å²) < 4.78 is 42.1. The second-order valence-corrected chi connectivity index (χ2v) is 3.54. The number of halogens is 3. The molecule has 2 rings (SSSR count). The Kier molecular flexibility index (Phi) is 2.57. The summed E-state index contributed by atoms with van der Waals surface area (Å²) in [4.78, 5) is 10.5. The number of hydrogen-bond acceptors (Lipinski definition) is 2. The van der Waals surface area contributed by atoms with Crippen LogP contribution in [0.3, 0.4) is 0 Å². The van der Waals surface area contributed by atoms with Crippen LogP contribution in [0, 0.1) is 0 Å². The Balaban J connectivity index is 2.48. The van der Waals surface area contributed by atoms with Crippen LogP contribution in [0.5, 0.6) is 0 Å². The molecule has 1 N–H and O–H groups in total. The molecule has 1 aromatic carbocycles. The second kappa shape index (κ2) is 3.80. The quantitative estimate of drug-likeness (QED) is 0.883. The van der Waals surface area contributed by atoms with Crippen molar-refractivity contribution in [3.8, 4) is 0 Å². The molecule has 0 fully saturated rings. The van der Waals surface area contributed by atoms with Crippen molar-refractivity contribution < 1.29 is 27.5 Å². The average Bonchev–Trinajstić information content (AvgIpc) is 2.59. The van der Waals surface area contributed by atoms with E-state index < -0.39 is 17.7 Å². The van der Waals surface area contributed by atoms with Gasteiger partial charge in [0.2, 0.25) is 0 Å². The molecule has 0 saturated heterocycles. The van der Waals surface area contributed by atoms with Gasteiger partial charge in [-0.25, -0.2) is 0 Å². The summed E-state index contributed by atoms with van der Waals surface area (Å²) >= 11 is 0. The zero-order valence-electron chi connectivity index (χ0n) is 8.41. The van der Waals surface area contributed by atoms with Gasteiger partial charge in [-0.15, -0.1) is 0 Å². The summed E-state index contributed by atoms with van der Waals surface area (Å²) in [6.45, 7) is 0. The Morgan fingerprint density at radius 2 is 2.06 bits per heavy atom. The zero-order chi connectivity index (χ0) is 12.6. The maximum atomic E-state index is 12.4. The minimum absolute atomic E-state index is 0.0380. The van der Waals surface area contributed by atoms with E-state index in [2.05, 4.69) is 0 Å². The molecule has 2 aromatic rings. The van der Waals surface area contributed by atoms with Gasteiger partial charge in [-0.3, -0.25) is 4.79 Å². The number of hydrogen-bond donors (Lipinski definition) is 1. The van der Waals surface area contributed by atoms with E-state index >= 15 is 0 Å². The van der Waals surface area contributed by atoms with Gasteiger partial charge in [-0.1, -0.05) is 6.07 Å². The van der Waals surface area contributed by atoms with Crippen LogP contribution < -0.4 is 0 Å². The van der Waals surface area contributed by atoms with E-state index in [0.29, 0.717) is 10.9 Å². The third kappa shape index (κ3) is 2.25. The number of fused-ring (bicyclic) bond motifs is 1. The molecule has 0 bridgehead atoms. The van der Waals surface area contributed by atoms with Crippen LogP contribution in [0.4, 0.5) is 13.2 Å². The number of aliphatic carboxylic acids is 1. The first-order valence-corrected chi connectivity index (χ1v) is 4.67. The Labute approximate surface area is 93.5 Å². The fourth-order valence-electron chi connectivity index (χ4n) is 1.56. The van der Waals surface area contributed by atoms with E-state index in [4.69, 9.17) is 9.52 Å². The fourth-order valence-corrected chi connectivity index (χ4v) is 1.56. The molecule has 90 valence electrons. The number of carbonyl (C=O) groups is 1. The molecule has 0 unspecified atom stereocenters. The van der Waals surface area contributed by atoms with Gasteiger partial charge in [-0.05, 0) is 12.1 Å². The summed E-state index contributed by atoms with van der Waals surface area (Å²) in [7, 11) is 0. The van der Waals surface area contributed by atoms with Crippen LogP contribution in [0.25, 0.3) is 11.0 Å². The number of carboxylic acid groups (broad SMARTS) is 1. The third-order valence-corrected chi connectivity index (χ3v) is 2.32. The predicted molar refractivity (Wildman–Crippen MR) is 52.6 cm³/mol. The number of carboxylic acids is 1. The third-order valence-electron chi connectivity index (χ3n) is 2.32. The highest BCUT2D eigenvalue weighted by molar-refractivity contribution is 5.85. The minimum atomic E-state index is -4.44. The molecule has 0 radical (unpaired) electrons. The lowest BCUT2D eigenvalue weighted by molar-refractivity contribution is -0.138. The first-order valence-electron chi connectivity index (χ1n) is 4.67. The van der Waals surface area contributed by atoms with Gasteiger partial charge in [0.1, 0.15) is 5.58 Å². The van der Waals surface area contributed by atoms with Crippen LogP contribution in [0.15, 0.2) is 28.9 Å². The van der Waals surface area contributed by atoms with Crippen LogP contribution in [-0.2, 0) is 17.4 Å². The first-order chi connectivity index (χ1) is 7.88. The SMILES string of the molecule is O=C(O)Cc1coc2cc(C(F)(F)F)ccc12. The monoisotopic (exact) mass is 244 g/mol. The fraction of sp³-hybridized carbons (Fsp3) is 0.182. The van der Waals surface area contributed by atoms with Crippen molar-refractivity contribution in [1.82, 2.24) is 0 Å². The average molecular weight is 244 g/mol. The van der Waals surface area contributed by atoms with Crippen LogP contribution in [0.1, 0.15) is 11.1 Å². The highest BCUT2D eigenvalue weighted by Gasteiger charge is 2.31. The van der Waals surface area contributed by atoms with Gasteiger partial charge < -0.3 is 9.52 Å². The molecule has 0 saturated carbocycles. The van der Waals surface area contributed by atoms with Gasteiger partial charge in [0.25, 0.3) is 0 Å². The summed E-state index contributed by atoms with van der Waals surface area (Å²) in [6, 6.07) is 2.99. The van der Waals surface area contributed by atoms with E-state index in [1.54, 1.807) is 0 Å². The van der Waals surface area contributed by atoms with Crippen molar-refractivity contribution in [2.24, 2.45) is 0 Å². The van der Waals surface area contributed by atoms with Gasteiger partial charge >= 0.3 is 12.1 Å². The molecule has 6 heteroatoms. The molecule has 1 aromatic heterocycles. The number of rotatable bonds is 2. The Morgan fingerprint density at radius 3 is 2.65 bits per heavy atom. The largest absolute Gasteiger partial charge is 0.481 e. The van der Waals surface area contributed by atoms with Crippen molar-refractivity contribution in [2.45, 2.75) is 12.6 Å². The molecular weight excluding hydrogens is 237 g/mol. The topological polar surface area (TPSA) is 50.4 Å². The summed E-state index contributed by atoms with van der Waals surface area (Å²) in [5.41, 5.74) is -0.418. The second-order valence-electron chi connectivity index (χ2n) is 3.54. The number of alkyl halides is 3. The summed E-state index contributed by atoms with van der Waals surface area (Å²) in [5, 5.41) is 9.00. The van der Waals surface area contributed by atoms with E-state index in [1.165, 1.54) is 12.3 Å². The zero-order valence-corrected chi connectivity index (χ0v) is 8.41. The Bertz CT molecular complexity index is 569. The van der Waals surface area contributed by atoms with Crippen molar-refractivity contribution in [3.05, 3.63) is 35.6 Å². The predicted octanol–water partition coefficient (Wildman–Crippen LogP) is 3.08. The molecule has 3 nitrogen and oxygen atoms in total. The lowest BCUT2D eigenvalue weighted by atomic mass is 10.1. The van der Waals surface area contributed by atoms with Crippen molar-refractivity contribution in [1.29, 1.82) is 0 Å². The Hall–Kier alpha value is -1.98. The number of benzene rings is 1. The molecule has 0 amide bonds. The highest BCUT2D eigenvalue weighted by atomic mass is 19.4. The van der Waals surface area contributed by atoms with E-state index in [1.807, 2.05) is 0 Å². The standard InChI is InChI=1S/C11H7F3O3/c12-11(13,14)7-1-2-8-6(3-10(15)16)5-17-9(8)4-7/h1-2,4-5H,3H2,(H,15,16). The molecule has 0 aliphatic heterocycles. The molecule has 0 aliphatic carbocycles. The Morgan fingerprint density at radius 1 is 1.35 bits per heavy atom. The molecule has 0 atom stereocenters. The van der Waals surface area contributed by atoms with Crippen molar-refractivity contribution >= 4 is 16.9 Å².